The fourth-order valence-corrected chi connectivity index (χ4v) is 1.56. The van der Waals surface area contributed by atoms with Crippen LogP contribution in [0.2, 0.25) is 4.34 Å². The Labute approximate surface area is 86.1 Å². The summed E-state index contributed by atoms with van der Waals surface area (Å²) >= 11 is 6.83. The Morgan fingerprint density at radius 1 is 1.77 bits per heavy atom. The summed E-state index contributed by atoms with van der Waals surface area (Å²) in [6.45, 7) is 4.74. The van der Waals surface area contributed by atoms with Crippen molar-refractivity contribution in [2.45, 2.75) is 13.8 Å². The summed E-state index contributed by atoms with van der Waals surface area (Å²) in [5, 5.41) is 3.18. The van der Waals surface area contributed by atoms with Crippen LogP contribution in [-0.2, 0) is 0 Å². The molecule has 0 saturated carbocycles. The van der Waals surface area contributed by atoms with Crippen LogP contribution in [0.15, 0.2) is 6.20 Å². The van der Waals surface area contributed by atoms with E-state index in [1.54, 1.807) is 0 Å². The topological polar surface area (TPSA) is 42.0 Å². The molecule has 5 heteroatoms. The second-order valence-electron chi connectivity index (χ2n) is 3.07. The summed E-state index contributed by atoms with van der Waals surface area (Å²) in [6, 6.07) is 0. The van der Waals surface area contributed by atoms with Gasteiger partial charge in [0.1, 0.15) is 4.34 Å². The van der Waals surface area contributed by atoms with Crippen LogP contribution in [0.3, 0.4) is 0 Å². The Balaban J connectivity index is 2.49. The Morgan fingerprint density at radius 3 is 2.92 bits per heavy atom. The molecule has 0 spiro atoms. The van der Waals surface area contributed by atoms with E-state index in [9.17, 15) is 4.79 Å². The first-order valence-electron chi connectivity index (χ1n) is 3.99. The number of aromatic nitrogens is 1. The Kier molecular flexibility index (Phi) is 3.69. The van der Waals surface area contributed by atoms with Crippen LogP contribution in [0.1, 0.15) is 23.6 Å². The van der Waals surface area contributed by atoms with Gasteiger partial charge in [0.2, 0.25) is 0 Å². The van der Waals surface area contributed by atoms with E-state index in [2.05, 4.69) is 10.3 Å². The number of halogens is 1. The molecule has 3 nitrogen and oxygen atoms in total. The number of carbonyl (C=O) groups excluding carboxylic acids is 1. The molecule has 0 aliphatic rings. The summed E-state index contributed by atoms with van der Waals surface area (Å²) in [4.78, 5) is 15.2. The quantitative estimate of drug-likeness (QED) is 0.845. The minimum absolute atomic E-state index is 0.148. The van der Waals surface area contributed by atoms with E-state index >= 15 is 0 Å². The van der Waals surface area contributed by atoms with Crippen molar-refractivity contribution in [1.82, 2.24) is 10.3 Å². The van der Waals surface area contributed by atoms with E-state index < -0.39 is 0 Å². The average Bonchev–Trinajstić information content (AvgIpc) is 2.47. The number of thiazole rings is 1. The van der Waals surface area contributed by atoms with Gasteiger partial charge in [-0.05, 0) is 5.92 Å². The van der Waals surface area contributed by atoms with Gasteiger partial charge in [-0.2, -0.15) is 0 Å². The molecule has 0 aliphatic heterocycles. The summed E-state index contributed by atoms with van der Waals surface area (Å²) in [5.41, 5.74) is 0. The molecule has 0 bridgehead atoms. The summed E-state index contributed by atoms with van der Waals surface area (Å²) in [7, 11) is 0. The maximum Gasteiger partial charge on any atom is 0.280 e. The third-order valence-corrected chi connectivity index (χ3v) is 2.46. The van der Waals surface area contributed by atoms with Crippen molar-refractivity contribution < 1.29 is 4.79 Å². The fraction of sp³-hybridized carbons (Fsp3) is 0.500. The van der Waals surface area contributed by atoms with Gasteiger partial charge >= 0.3 is 0 Å². The van der Waals surface area contributed by atoms with Gasteiger partial charge in [0, 0.05) is 6.54 Å². The standard InChI is InChI=1S/C8H11ClN2OS/c1-5(2)3-10-7(12)8-11-4-6(9)13-8/h4-5H,3H2,1-2H3,(H,10,12). The SMILES string of the molecule is CC(C)CNC(=O)c1ncc(Cl)s1. The zero-order chi connectivity index (χ0) is 9.84. The summed E-state index contributed by atoms with van der Waals surface area (Å²) < 4.78 is 0.537. The molecule has 1 rings (SSSR count). The van der Waals surface area contributed by atoms with Gasteiger partial charge in [0.15, 0.2) is 5.01 Å². The Bertz CT molecular complexity index is 298. The van der Waals surface area contributed by atoms with E-state index in [0.717, 1.165) is 0 Å². The first-order chi connectivity index (χ1) is 6.09. The normalized spacial score (nSPS) is 10.5. The maximum atomic E-state index is 11.3. The predicted octanol–water partition coefficient (Wildman–Crippen LogP) is 2.18. The molecule has 1 N–H and O–H groups in total. The van der Waals surface area contributed by atoms with Crippen LogP contribution in [-0.4, -0.2) is 17.4 Å². The van der Waals surface area contributed by atoms with E-state index in [1.807, 2.05) is 13.8 Å². The number of nitrogens with one attached hydrogen (secondary N) is 1. The highest BCUT2D eigenvalue weighted by atomic mass is 35.5. The lowest BCUT2D eigenvalue weighted by Crippen LogP contribution is -2.27. The molecule has 1 amide bonds. The molecule has 0 radical (unpaired) electrons. The molecular weight excluding hydrogens is 208 g/mol. The van der Waals surface area contributed by atoms with E-state index in [-0.39, 0.29) is 5.91 Å². The smallest absolute Gasteiger partial charge is 0.280 e. The highest BCUT2D eigenvalue weighted by molar-refractivity contribution is 7.17. The molecule has 72 valence electrons. The van der Waals surface area contributed by atoms with Crippen LogP contribution >= 0.6 is 22.9 Å². The molecule has 13 heavy (non-hydrogen) atoms. The fourth-order valence-electron chi connectivity index (χ4n) is 0.732. The van der Waals surface area contributed by atoms with Crippen molar-refractivity contribution in [2.75, 3.05) is 6.54 Å². The molecule has 1 aromatic rings. The van der Waals surface area contributed by atoms with Gasteiger partial charge in [0.25, 0.3) is 5.91 Å². The van der Waals surface area contributed by atoms with Crippen LogP contribution in [0.25, 0.3) is 0 Å². The molecule has 0 aliphatic carbocycles. The van der Waals surface area contributed by atoms with Crippen molar-refractivity contribution in [2.24, 2.45) is 5.92 Å². The van der Waals surface area contributed by atoms with Crippen LogP contribution in [0.4, 0.5) is 0 Å². The van der Waals surface area contributed by atoms with Crippen LogP contribution < -0.4 is 5.32 Å². The molecule has 0 aromatic carbocycles. The number of hydrogen-bond donors (Lipinski definition) is 1. The zero-order valence-electron chi connectivity index (χ0n) is 7.50. The van der Waals surface area contributed by atoms with E-state index in [1.165, 1.54) is 17.5 Å². The molecule has 0 fully saturated rings. The minimum Gasteiger partial charge on any atom is -0.350 e. The van der Waals surface area contributed by atoms with Crippen molar-refractivity contribution in [3.63, 3.8) is 0 Å². The van der Waals surface area contributed by atoms with Gasteiger partial charge < -0.3 is 5.32 Å². The van der Waals surface area contributed by atoms with Crippen LogP contribution in [0, 0.1) is 5.92 Å². The third-order valence-electron chi connectivity index (χ3n) is 1.34. The minimum atomic E-state index is -0.148. The van der Waals surface area contributed by atoms with Gasteiger partial charge in [-0.1, -0.05) is 36.8 Å². The lowest BCUT2D eigenvalue weighted by molar-refractivity contribution is 0.0948. The lowest BCUT2D eigenvalue weighted by Gasteiger charge is -2.04. The van der Waals surface area contributed by atoms with Crippen molar-refractivity contribution in [1.29, 1.82) is 0 Å². The van der Waals surface area contributed by atoms with Crippen molar-refractivity contribution in [3.8, 4) is 0 Å². The highest BCUT2D eigenvalue weighted by Crippen LogP contribution is 2.17. The van der Waals surface area contributed by atoms with E-state index in [0.29, 0.717) is 21.8 Å². The Morgan fingerprint density at radius 2 is 2.46 bits per heavy atom. The van der Waals surface area contributed by atoms with E-state index in [4.69, 9.17) is 11.6 Å². The molecular formula is C8H11ClN2OS. The molecule has 0 unspecified atom stereocenters. The maximum absolute atomic E-state index is 11.3. The number of nitrogens with zero attached hydrogens (tertiary/aromatic N) is 1. The first-order valence-corrected chi connectivity index (χ1v) is 5.18. The summed E-state index contributed by atoms with van der Waals surface area (Å²) in [5.74, 6) is 0.296. The largest absolute Gasteiger partial charge is 0.350 e. The van der Waals surface area contributed by atoms with Gasteiger partial charge in [-0.15, -0.1) is 0 Å². The number of hydrogen-bond acceptors (Lipinski definition) is 3. The predicted molar refractivity (Wildman–Crippen MR) is 54.3 cm³/mol. The summed E-state index contributed by atoms with van der Waals surface area (Å²) in [6.07, 6.45) is 1.48. The first kappa shape index (κ1) is 10.5. The molecule has 0 atom stereocenters. The molecule has 1 aromatic heterocycles. The van der Waals surface area contributed by atoms with Crippen LogP contribution in [0.5, 0.6) is 0 Å². The zero-order valence-corrected chi connectivity index (χ0v) is 9.08. The van der Waals surface area contributed by atoms with Gasteiger partial charge in [-0.25, -0.2) is 4.98 Å². The third kappa shape index (κ3) is 3.32. The monoisotopic (exact) mass is 218 g/mol. The van der Waals surface area contributed by atoms with Crippen molar-refractivity contribution in [3.05, 3.63) is 15.5 Å². The number of amides is 1. The number of rotatable bonds is 3. The van der Waals surface area contributed by atoms with Gasteiger partial charge in [-0.3, -0.25) is 4.79 Å². The average molecular weight is 219 g/mol. The van der Waals surface area contributed by atoms with Gasteiger partial charge in [0.05, 0.1) is 6.20 Å². The second kappa shape index (κ2) is 4.58. The number of carbonyl (C=O) groups is 1. The lowest BCUT2D eigenvalue weighted by atomic mass is 10.2. The highest BCUT2D eigenvalue weighted by Gasteiger charge is 2.09. The van der Waals surface area contributed by atoms with Crippen molar-refractivity contribution >= 4 is 28.8 Å². The molecule has 0 saturated heterocycles. The molecule has 1 heterocycles. The second-order valence-corrected chi connectivity index (χ2v) is 4.74. The Hall–Kier alpha value is -0.610.